The normalized spacial score (nSPS) is 10.1. The fraction of sp³-hybridized carbons (Fsp3) is 0.529. The van der Waals surface area contributed by atoms with Gasteiger partial charge in [0.05, 0.1) is 0 Å². The largest absolute Gasteiger partial charge is 0.120 e. The highest BCUT2D eigenvalue weighted by molar-refractivity contribution is 5.22. The second kappa shape index (κ2) is 8.88. The minimum absolute atomic E-state index is 0.888. The number of hydrogen-bond acceptors (Lipinski definition) is 0. The summed E-state index contributed by atoms with van der Waals surface area (Å²) in [4.78, 5) is 0. The van der Waals surface area contributed by atoms with Crippen molar-refractivity contribution < 1.29 is 0 Å². The Morgan fingerprint density at radius 1 is 0.882 bits per heavy atom. The maximum atomic E-state index is 5.25. The molecule has 17 heavy (non-hydrogen) atoms. The topological polar surface area (TPSA) is 0 Å². The van der Waals surface area contributed by atoms with Crippen LogP contribution in [0.5, 0.6) is 0 Å². The predicted molar refractivity (Wildman–Crippen MR) is 76.1 cm³/mol. The molecule has 1 aromatic rings. The predicted octanol–water partition coefficient (Wildman–Crippen LogP) is 4.77. The zero-order valence-corrected chi connectivity index (χ0v) is 11.0. The van der Waals surface area contributed by atoms with Gasteiger partial charge in [0.1, 0.15) is 0 Å². The van der Waals surface area contributed by atoms with Crippen molar-refractivity contribution in [2.75, 3.05) is 0 Å². The highest BCUT2D eigenvalue weighted by Crippen LogP contribution is 2.11. The molecule has 0 nitrogen and oxygen atoms in total. The fourth-order valence-corrected chi connectivity index (χ4v) is 2.02. The van der Waals surface area contributed by atoms with E-state index in [1.165, 1.54) is 43.2 Å². The van der Waals surface area contributed by atoms with E-state index in [2.05, 4.69) is 37.1 Å². The quantitative estimate of drug-likeness (QED) is 0.444. The van der Waals surface area contributed by atoms with Crippen molar-refractivity contribution in [2.24, 2.45) is 0 Å². The molecule has 0 aliphatic heterocycles. The summed E-state index contributed by atoms with van der Waals surface area (Å²) in [6, 6.07) is 9.06. The Labute approximate surface area is 106 Å². The molecule has 0 unspecified atom stereocenters. The van der Waals surface area contributed by atoms with E-state index in [0.29, 0.717) is 0 Å². The fourth-order valence-electron chi connectivity index (χ4n) is 2.02. The van der Waals surface area contributed by atoms with Crippen LogP contribution in [0.3, 0.4) is 0 Å². The van der Waals surface area contributed by atoms with E-state index in [-0.39, 0.29) is 0 Å². The average molecular weight is 228 g/mol. The molecule has 0 atom stereocenters. The van der Waals surface area contributed by atoms with Crippen LogP contribution >= 0.6 is 0 Å². The standard InChI is InChI=1S/C17H24/c1-3-5-7-9-11-17-14-12-16(13-15-17)10-8-6-4-2/h2,12-15H,3,5-11H2,1H3. The van der Waals surface area contributed by atoms with E-state index >= 15 is 0 Å². The van der Waals surface area contributed by atoms with E-state index in [4.69, 9.17) is 6.42 Å². The third-order valence-electron chi connectivity index (χ3n) is 3.13. The maximum Gasteiger partial charge on any atom is 0.00892 e. The van der Waals surface area contributed by atoms with Crippen molar-refractivity contribution in [3.8, 4) is 12.3 Å². The molecule has 0 heterocycles. The highest BCUT2D eigenvalue weighted by atomic mass is 14.0. The Balaban J connectivity index is 2.27. The summed E-state index contributed by atoms with van der Waals surface area (Å²) in [5, 5.41) is 0. The molecule has 0 spiro atoms. The summed E-state index contributed by atoms with van der Waals surface area (Å²) in [6.45, 7) is 2.25. The van der Waals surface area contributed by atoms with Crippen LogP contribution in [0.1, 0.15) is 56.6 Å². The second-order valence-corrected chi connectivity index (χ2v) is 4.68. The SMILES string of the molecule is C#CCCCc1ccc(CCCCCC)cc1. The van der Waals surface area contributed by atoms with Gasteiger partial charge >= 0.3 is 0 Å². The van der Waals surface area contributed by atoms with Crippen LogP contribution in [-0.4, -0.2) is 0 Å². The first-order valence-electron chi connectivity index (χ1n) is 6.88. The Hall–Kier alpha value is -1.22. The molecule has 0 saturated heterocycles. The van der Waals surface area contributed by atoms with Gasteiger partial charge in [0, 0.05) is 6.42 Å². The van der Waals surface area contributed by atoms with Gasteiger partial charge in [0.2, 0.25) is 0 Å². The zero-order chi connectivity index (χ0) is 12.3. The van der Waals surface area contributed by atoms with Gasteiger partial charge in [-0.15, -0.1) is 12.3 Å². The van der Waals surface area contributed by atoms with E-state index < -0.39 is 0 Å². The van der Waals surface area contributed by atoms with Crippen LogP contribution < -0.4 is 0 Å². The third-order valence-corrected chi connectivity index (χ3v) is 3.13. The minimum atomic E-state index is 0.888. The monoisotopic (exact) mass is 228 g/mol. The molecular weight excluding hydrogens is 204 g/mol. The maximum absolute atomic E-state index is 5.25. The second-order valence-electron chi connectivity index (χ2n) is 4.68. The third kappa shape index (κ3) is 6.17. The number of aryl methyl sites for hydroxylation is 2. The summed E-state index contributed by atoms with van der Waals surface area (Å²) in [5.41, 5.74) is 2.89. The summed E-state index contributed by atoms with van der Waals surface area (Å²) in [6.07, 6.45) is 14.9. The molecule has 0 heteroatoms. The number of rotatable bonds is 8. The first kappa shape index (κ1) is 13.8. The molecule has 0 aromatic heterocycles. The highest BCUT2D eigenvalue weighted by Gasteiger charge is 1.95. The summed E-state index contributed by atoms with van der Waals surface area (Å²) >= 11 is 0. The smallest absolute Gasteiger partial charge is 0.00892 e. The molecule has 1 aromatic carbocycles. The van der Waals surface area contributed by atoms with E-state index in [0.717, 1.165) is 19.3 Å². The van der Waals surface area contributed by atoms with Crippen molar-refractivity contribution in [1.29, 1.82) is 0 Å². The van der Waals surface area contributed by atoms with Crippen LogP contribution in [0.15, 0.2) is 24.3 Å². The van der Waals surface area contributed by atoms with Crippen LogP contribution in [0.25, 0.3) is 0 Å². The van der Waals surface area contributed by atoms with Crippen molar-refractivity contribution in [3.63, 3.8) is 0 Å². The van der Waals surface area contributed by atoms with Gasteiger partial charge in [0.15, 0.2) is 0 Å². The average Bonchev–Trinajstić information content (AvgIpc) is 2.37. The first-order chi connectivity index (χ1) is 8.36. The minimum Gasteiger partial charge on any atom is -0.120 e. The van der Waals surface area contributed by atoms with Gasteiger partial charge in [-0.05, 0) is 36.8 Å². The van der Waals surface area contributed by atoms with Crippen molar-refractivity contribution in [2.45, 2.75) is 58.3 Å². The molecule has 0 amide bonds. The molecule has 0 aliphatic rings. The lowest BCUT2D eigenvalue weighted by Crippen LogP contribution is -1.89. The molecule has 0 radical (unpaired) electrons. The lowest BCUT2D eigenvalue weighted by atomic mass is 10.0. The lowest BCUT2D eigenvalue weighted by Gasteiger charge is -2.03. The van der Waals surface area contributed by atoms with E-state index in [1.54, 1.807) is 0 Å². The zero-order valence-electron chi connectivity index (χ0n) is 11.0. The summed E-state index contributed by atoms with van der Waals surface area (Å²) in [5.74, 6) is 2.69. The van der Waals surface area contributed by atoms with Gasteiger partial charge in [-0.1, -0.05) is 50.5 Å². The van der Waals surface area contributed by atoms with Gasteiger partial charge < -0.3 is 0 Å². The van der Waals surface area contributed by atoms with Crippen molar-refractivity contribution >= 4 is 0 Å². The number of unbranched alkanes of at least 4 members (excludes halogenated alkanes) is 4. The Kier molecular flexibility index (Phi) is 7.23. The summed E-state index contributed by atoms with van der Waals surface area (Å²) in [7, 11) is 0. The number of benzene rings is 1. The molecule has 0 bridgehead atoms. The Morgan fingerprint density at radius 2 is 1.47 bits per heavy atom. The summed E-state index contributed by atoms with van der Waals surface area (Å²) < 4.78 is 0. The number of terminal acetylenes is 1. The van der Waals surface area contributed by atoms with Gasteiger partial charge in [-0.25, -0.2) is 0 Å². The number of hydrogen-bond donors (Lipinski definition) is 0. The Bertz CT molecular complexity index is 326. The molecule has 0 saturated carbocycles. The van der Waals surface area contributed by atoms with Crippen molar-refractivity contribution in [1.82, 2.24) is 0 Å². The van der Waals surface area contributed by atoms with E-state index in [9.17, 15) is 0 Å². The van der Waals surface area contributed by atoms with Crippen LogP contribution in [0, 0.1) is 12.3 Å². The first-order valence-corrected chi connectivity index (χ1v) is 6.88. The van der Waals surface area contributed by atoms with Crippen LogP contribution in [0.2, 0.25) is 0 Å². The van der Waals surface area contributed by atoms with Crippen molar-refractivity contribution in [3.05, 3.63) is 35.4 Å². The van der Waals surface area contributed by atoms with Crippen LogP contribution in [-0.2, 0) is 12.8 Å². The van der Waals surface area contributed by atoms with E-state index in [1.807, 2.05) is 0 Å². The molecule has 0 aliphatic carbocycles. The van der Waals surface area contributed by atoms with Crippen LogP contribution in [0.4, 0.5) is 0 Å². The van der Waals surface area contributed by atoms with Gasteiger partial charge in [-0.3, -0.25) is 0 Å². The Morgan fingerprint density at radius 3 is 2.00 bits per heavy atom. The molecule has 0 fully saturated rings. The lowest BCUT2D eigenvalue weighted by molar-refractivity contribution is 0.666. The molecule has 1 rings (SSSR count). The molecule has 0 N–H and O–H groups in total. The van der Waals surface area contributed by atoms with Gasteiger partial charge in [-0.2, -0.15) is 0 Å². The van der Waals surface area contributed by atoms with Gasteiger partial charge in [0.25, 0.3) is 0 Å². The molecule has 92 valence electrons. The molecular formula is C17H24.